The van der Waals surface area contributed by atoms with Crippen molar-refractivity contribution in [3.63, 3.8) is 0 Å². The predicted molar refractivity (Wildman–Crippen MR) is 71.5 cm³/mol. The minimum Gasteiger partial charge on any atom is -0.391 e. The molecule has 4 nitrogen and oxygen atoms in total. The number of anilines is 1. The van der Waals surface area contributed by atoms with E-state index >= 15 is 0 Å². The lowest BCUT2D eigenvalue weighted by Crippen LogP contribution is -2.41. The van der Waals surface area contributed by atoms with E-state index in [9.17, 15) is 9.90 Å². The summed E-state index contributed by atoms with van der Waals surface area (Å²) in [6.07, 6.45) is -0.228. The number of hydrogen-bond acceptors (Lipinski definition) is 3. The van der Waals surface area contributed by atoms with Crippen LogP contribution in [0, 0.1) is 0 Å². The van der Waals surface area contributed by atoms with Crippen LogP contribution in [0.3, 0.4) is 0 Å². The molecule has 1 heterocycles. The molecule has 1 amide bonds. The number of β-amino-alcohol motifs (C(OH)–C–C–N with tert-alkyl or cyclic N) is 1. The van der Waals surface area contributed by atoms with Crippen LogP contribution in [0.15, 0.2) is 30.3 Å². The van der Waals surface area contributed by atoms with Crippen molar-refractivity contribution in [2.24, 2.45) is 0 Å². The molecule has 2 unspecified atom stereocenters. The average molecular weight is 248 g/mol. The fourth-order valence-electron chi connectivity index (χ4n) is 2.29. The molecule has 18 heavy (non-hydrogen) atoms. The van der Waals surface area contributed by atoms with Crippen molar-refractivity contribution in [3.8, 4) is 0 Å². The summed E-state index contributed by atoms with van der Waals surface area (Å²) in [5.74, 6) is 0.0517. The van der Waals surface area contributed by atoms with Gasteiger partial charge in [-0.1, -0.05) is 18.2 Å². The first kappa shape index (κ1) is 12.9. The Hall–Kier alpha value is -1.55. The van der Waals surface area contributed by atoms with Gasteiger partial charge in [0.15, 0.2) is 0 Å². The van der Waals surface area contributed by atoms with Crippen LogP contribution in [-0.2, 0) is 4.79 Å². The third-order valence-corrected chi connectivity index (χ3v) is 3.50. The largest absolute Gasteiger partial charge is 0.391 e. The third kappa shape index (κ3) is 2.82. The van der Waals surface area contributed by atoms with Gasteiger partial charge in [0.25, 0.3) is 0 Å². The maximum absolute atomic E-state index is 11.6. The molecule has 2 atom stereocenters. The van der Waals surface area contributed by atoms with E-state index in [1.807, 2.05) is 25.2 Å². The van der Waals surface area contributed by atoms with E-state index in [2.05, 4.69) is 24.0 Å². The summed E-state index contributed by atoms with van der Waals surface area (Å²) in [7, 11) is 2.02. The topological polar surface area (TPSA) is 43.8 Å². The molecule has 0 aliphatic carbocycles. The van der Waals surface area contributed by atoms with Gasteiger partial charge >= 0.3 is 0 Å². The van der Waals surface area contributed by atoms with Gasteiger partial charge in [0.1, 0.15) is 0 Å². The Labute approximate surface area is 108 Å². The lowest BCUT2D eigenvalue weighted by Gasteiger charge is -2.30. The highest BCUT2D eigenvalue weighted by molar-refractivity contribution is 5.79. The number of nitrogens with zero attached hydrogens (tertiary/aromatic N) is 2. The fraction of sp³-hybridized carbons (Fsp3) is 0.500. The maximum atomic E-state index is 11.6. The zero-order chi connectivity index (χ0) is 13.1. The SMILES string of the molecule is CC(CN1CC(O)CC1=O)N(C)c1ccccc1. The molecule has 0 bridgehead atoms. The number of aliphatic hydroxyl groups is 1. The summed E-state index contributed by atoms with van der Waals surface area (Å²) in [6, 6.07) is 10.3. The highest BCUT2D eigenvalue weighted by atomic mass is 16.3. The summed E-state index contributed by atoms with van der Waals surface area (Å²) in [5.41, 5.74) is 1.14. The minimum atomic E-state index is -0.494. The van der Waals surface area contributed by atoms with Crippen LogP contribution in [-0.4, -0.2) is 48.2 Å². The molecule has 0 radical (unpaired) electrons. The number of amides is 1. The van der Waals surface area contributed by atoms with Crippen molar-refractivity contribution >= 4 is 11.6 Å². The van der Waals surface area contributed by atoms with Crippen molar-refractivity contribution in [1.82, 2.24) is 4.90 Å². The third-order valence-electron chi connectivity index (χ3n) is 3.50. The van der Waals surface area contributed by atoms with Crippen LogP contribution in [0.4, 0.5) is 5.69 Å². The highest BCUT2D eigenvalue weighted by Crippen LogP contribution is 2.17. The normalized spacial score (nSPS) is 21.2. The van der Waals surface area contributed by atoms with Crippen LogP contribution < -0.4 is 4.90 Å². The molecule has 1 aliphatic heterocycles. The quantitative estimate of drug-likeness (QED) is 0.868. The molecule has 1 aromatic rings. The van der Waals surface area contributed by atoms with E-state index in [-0.39, 0.29) is 18.4 Å². The van der Waals surface area contributed by atoms with Gasteiger partial charge in [0.2, 0.25) is 5.91 Å². The highest BCUT2D eigenvalue weighted by Gasteiger charge is 2.29. The van der Waals surface area contributed by atoms with Gasteiger partial charge in [-0.2, -0.15) is 0 Å². The summed E-state index contributed by atoms with van der Waals surface area (Å²) in [6.45, 7) is 3.21. The summed E-state index contributed by atoms with van der Waals surface area (Å²) in [5, 5.41) is 9.46. The molecular weight excluding hydrogens is 228 g/mol. The number of hydrogen-bond donors (Lipinski definition) is 1. The Morgan fingerprint density at radius 1 is 1.44 bits per heavy atom. The fourth-order valence-corrected chi connectivity index (χ4v) is 2.29. The molecule has 98 valence electrons. The Morgan fingerprint density at radius 3 is 2.67 bits per heavy atom. The van der Waals surface area contributed by atoms with Crippen LogP contribution in [0.5, 0.6) is 0 Å². The average Bonchev–Trinajstić information content (AvgIpc) is 2.68. The Bertz CT molecular complexity index is 408. The second-order valence-electron chi connectivity index (χ2n) is 4.95. The molecule has 1 aliphatic rings. The van der Waals surface area contributed by atoms with Crippen LogP contribution in [0.25, 0.3) is 0 Å². The molecule has 0 spiro atoms. The van der Waals surface area contributed by atoms with Gasteiger partial charge in [-0.25, -0.2) is 0 Å². The lowest BCUT2D eigenvalue weighted by molar-refractivity contribution is -0.127. The van der Waals surface area contributed by atoms with Crippen molar-refractivity contribution < 1.29 is 9.90 Å². The van der Waals surface area contributed by atoms with Gasteiger partial charge in [-0.3, -0.25) is 4.79 Å². The van der Waals surface area contributed by atoms with Gasteiger partial charge < -0.3 is 14.9 Å². The summed E-state index contributed by atoms with van der Waals surface area (Å²) >= 11 is 0. The van der Waals surface area contributed by atoms with E-state index < -0.39 is 6.10 Å². The number of para-hydroxylation sites is 1. The van der Waals surface area contributed by atoms with Gasteiger partial charge in [0, 0.05) is 31.9 Å². The summed E-state index contributed by atoms with van der Waals surface area (Å²) < 4.78 is 0. The molecule has 0 saturated carbocycles. The van der Waals surface area contributed by atoms with Gasteiger partial charge in [-0.15, -0.1) is 0 Å². The second-order valence-corrected chi connectivity index (χ2v) is 4.95. The van der Waals surface area contributed by atoms with Crippen molar-refractivity contribution in [2.75, 3.05) is 25.0 Å². The molecule has 2 rings (SSSR count). The van der Waals surface area contributed by atoms with Crippen molar-refractivity contribution in [1.29, 1.82) is 0 Å². The first-order chi connectivity index (χ1) is 8.58. The molecule has 1 saturated heterocycles. The number of carbonyl (C=O) groups excluding carboxylic acids is 1. The molecule has 1 fully saturated rings. The Morgan fingerprint density at radius 2 is 2.11 bits per heavy atom. The smallest absolute Gasteiger partial charge is 0.225 e. The van der Waals surface area contributed by atoms with Gasteiger partial charge in [0.05, 0.1) is 12.5 Å². The number of aliphatic hydroxyl groups excluding tert-OH is 1. The van der Waals surface area contributed by atoms with Crippen molar-refractivity contribution in [3.05, 3.63) is 30.3 Å². The number of likely N-dealkylation sites (tertiary alicyclic amines) is 1. The Balaban J connectivity index is 1.96. The van der Waals surface area contributed by atoms with Crippen LogP contribution >= 0.6 is 0 Å². The number of carbonyl (C=O) groups is 1. The van der Waals surface area contributed by atoms with Gasteiger partial charge in [-0.05, 0) is 19.1 Å². The van der Waals surface area contributed by atoms with E-state index in [0.29, 0.717) is 13.1 Å². The second kappa shape index (κ2) is 5.40. The number of benzene rings is 1. The lowest BCUT2D eigenvalue weighted by atomic mass is 10.2. The summed E-state index contributed by atoms with van der Waals surface area (Å²) in [4.78, 5) is 15.5. The minimum absolute atomic E-state index is 0.0517. The maximum Gasteiger partial charge on any atom is 0.225 e. The molecule has 1 N–H and O–H groups in total. The Kier molecular flexibility index (Phi) is 3.87. The van der Waals surface area contributed by atoms with Crippen LogP contribution in [0.2, 0.25) is 0 Å². The van der Waals surface area contributed by atoms with E-state index in [4.69, 9.17) is 0 Å². The zero-order valence-electron chi connectivity index (χ0n) is 10.9. The zero-order valence-corrected chi connectivity index (χ0v) is 10.9. The number of rotatable bonds is 4. The standard InChI is InChI=1S/C14H20N2O2/c1-11(9-16-10-13(17)8-14(16)18)15(2)12-6-4-3-5-7-12/h3-7,11,13,17H,8-10H2,1-2H3. The first-order valence-corrected chi connectivity index (χ1v) is 6.31. The monoisotopic (exact) mass is 248 g/mol. The van der Waals surface area contributed by atoms with E-state index in [0.717, 1.165) is 5.69 Å². The number of likely N-dealkylation sites (N-methyl/N-ethyl adjacent to an activating group) is 1. The van der Waals surface area contributed by atoms with E-state index in [1.54, 1.807) is 4.90 Å². The van der Waals surface area contributed by atoms with E-state index in [1.165, 1.54) is 0 Å². The molecule has 1 aromatic carbocycles. The molecule has 4 heteroatoms. The van der Waals surface area contributed by atoms with Crippen molar-refractivity contribution in [2.45, 2.75) is 25.5 Å². The molecule has 0 aromatic heterocycles. The first-order valence-electron chi connectivity index (χ1n) is 6.31. The predicted octanol–water partition coefficient (Wildman–Crippen LogP) is 1.10. The van der Waals surface area contributed by atoms with Crippen LogP contribution in [0.1, 0.15) is 13.3 Å². The molecular formula is C14H20N2O2.